The fraction of sp³-hybridized carbons (Fsp3) is 0.250. The molecule has 0 spiro atoms. The summed E-state index contributed by atoms with van der Waals surface area (Å²) in [6.45, 7) is 1.96. The van der Waals surface area contributed by atoms with E-state index in [2.05, 4.69) is 5.32 Å². The van der Waals surface area contributed by atoms with Crippen LogP contribution in [0.5, 0.6) is 0 Å². The van der Waals surface area contributed by atoms with Crippen molar-refractivity contribution in [2.45, 2.75) is 19.0 Å². The molecule has 2 unspecified atom stereocenters. The summed E-state index contributed by atoms with van der Waals surface area (Å²) in [6.07, 6.45) is 0. The van der Waals surface area contributed by atoms with Crippen molar-refractivity contribution in [2.75, 3.05) is 6.61 Å². The Morgan fingerprint density at radius 1 is 1.05 bits per heavy atom. The smallest absolute Gasteiger partial charge is 0.123 e. The number of hydrogen-bond acceptors (Lipinski definition) is 2. The molecular formula is C16H17ClFNO. The molecule has 0 bridgehead atoms. The number of nitrogens with one attached hydrogen (secondary N) is 1. The summed E-state index contributed by atoms with van der Waals surface area (Å²) in [4.78, 5) is 0. The van der Waals surface area contributed by atoms with E-state index in [4.69, 9.17) is 11.6 Å². The zero-order chi connectivity index (χ0) is 14.5. The molecule has 2 aromatic rings. The first-order valence-corrected chi connectivity index (χ1v) is 6.86. The van der Waals surface area contributed by atoms with E-state index in [0.717, 1.165) is 11.1 Å². The minimum atomic E-state index is -0.252. The topological polar surface area (TPSA) is 32.3 Å². The van der Waals surface area contributed by atoms with Crippen molar-refractivity contribution >= 4 is 11.6 Å². The molecule has 2 atom stereocenters. The van der Waals surface area contributed by atoms with E-state index >= 15 is 0 Å². The van der Waals surface area contributed by atoms with Crippen molar-refractivity contribution in [3.05, 3.63) is 70.5 Å². The largest absolute Gasteiger partial charge is 0.394 e. The van der Waals surface area contributed by atoms with Crippen LogP contribution in [0.4, 0.5) is 4.39 Å². The first-order valence-electron chi connectivity index (χ1n) is 6.48. The number of hydrogen-bond donors (Lipinski definition) is 2. The number of benzene rings is 2. The zero-order valence-corrected chi connectivity index (χ0v) is 11.9. The number of rotatable bonds is 5. The quantitative estimate of drug-likeness (QED) is 0.877. The highest BCUT2D eigenvalue weighted by Crippen LogP contribution is 2.21. The molecule has 2 N–H and O–H groups in total. The standard InChI is InChI=1S/C16H17ClFNO/c1-11(12-4-8-15(18)9-5-12)19-16(10-20)13-2-6-14(17)7-3-13/h2-9,11,16,19-20H,10H2,1H3. The highest BCUT2D eigenvalue weighted by Gasteiger charge is 2.14. The summed E-state index contributed by atoms with van der Waals surface area (Å²) in [6, 6.07) is 13.5. The predicted octanol–water partition coefficient (Wildman–Crippen LogP) is 3.86. The number of aliphatic hydroxyl groups is 1. The van der Waals surface area contributed by atoms with Crippen LogP contribution in [0.1, 0.15) is 30.1 Å². The van der Waals surface area contributed by atoms with E-state index in [1.807, 2.05) is 19.1 Å². The molecule has 0 aliphatic rings. The van der Waals surface area contributed by atoms with Gasteiger partial charge in [0.25, 0.3) is 0 Å². The van der Waals surface area contributed by atoms with Crippen LogP contribution >= 0.6 is 11.6 Å². The van der Waals surface area contributed by atoms with Gasteiger partial charge in [-0.15, -0.1) is 0 Å². The van der Waals surface area contributed by atoms with Crippen molar-refractivity contribution in [3.63, 3.8) is 0 Å². The third-order valence-corrected chi connectivity index (χ3v) is 3.53. The zero-order valence-electron chi connectivity index (χ0n) is 11.2. The molecule has 2 rings (SSSR count). The first-order chi connectivity index (χ1) is 9.60. The van der Waals surface area contributed by atoms with Gasteiger partial charge in [0.05, 0.1) is 12.6 Å². The monoisotopic (exact) mass is 293 g/mol. The van der Waals surface area contributed by atoms with Gasteiger partial charge in [0, 0.05) is 11.1 Å². The van der Waals surface area contributed by atoms with Gasteiger partial charge in [-0.05, 0) is 42.3 Å². The lowest BCUT2D eigenvalue weighted by atomic mass is 10.0. The van der Waals surface area contributed by atoms with Crippen LogP contribution in [0, 0.1) is 5.82 Å². The molecule has 0 amide bonds. The van der Waals surface area contributed by atoms with Crippen LogP contribution in [-0.4, -0.2) is 11.7 Å². The van der Waals surface area contributed by atoms with Crippen LogP contribution in [-0.2, 0) is 0 Å². The van der Waals surface area contributed by atoms with E-state index in [1.165, 1.54) is 12.1 Å². The summed E-state index contributed by atoms with van der Waals surface area (Å²) in [5, 5.41) is 13.5. The van der Waals surface area contributed by atoms with Gasteiger partial charge in [-0.2, -0.15) is 0 Å². The Kier molecular flexibility index (Phi) is 5.12. The Balaban J connectivity index is 2.09. The van der Waals surface area contributed by atoms with Crippen LogP contribution in [0.25, 0.3) is 0 Å². The van der Waals surface area contributed by atoms with Gasteiger partial charge in [0.15, 0.2) is 0 Å². The lowest BCUT2D eigenvalue weighted by Crippen LogP contribution is -2.27. The number of halogens is 2. The van der Waals surface area contributed by atoms with Gasteiger partial charge in [0.1, 0.15) is 5.82 Å². The number of aliphatic hydroxyl groups excluding tert-OH is 1. The van der Waals surface area contributed by atoms with E-state index in [0.29, 0.717) is 5.02 Å². The van der Waals surface area contributed by atoms with Crippen molar-refractivity contribution < 1.29 is 9.50 Å². The molecule has 0 aliphatic carbocycles. The Hall–Kier alpha value is -1.42. The van der Waals surface area contributed by atoms with Crippen LogP contribution in [0.2, 0.25) is 5.02 Å². The molecule has 4 heteroatoms. The normalized spacial score (nSPS) is 14.0. The van der Waals surface area contributed by atoms with Gasteiger partial charge >= 0.3 is 0 Å². The van der Waals surface area contributed by atoms with E-state index < -0.39 is 0 Å². The molecule has 0 aromatic heterocycles. The maximum Gasteiger partial charge on any atom is 0.123 e. The predicted molar refractivity (Wildman–Crippen MR) is 79.2 cm³/mol. The van der Waals surface area contributed by atoms with Crippen molar-refractivity contribution in [3.8, 4) is 0 Å². The molecule has 0 saturated carbocycles. The summed E-state index contributed by atoms with van der Waals surface area (Å²) in [5.41, 5.74) is 1.93. The minimum absolute atomic E-state index is 0.00317. The average molecular weight is 294 g/mol. The molecule has 2 nitrogen and oxygen atoms in total. The molecule has 0 heterocycles. The van der Waals surface area contributed by atoms with Gasteiger partial charge < -0.3 is 10.4 Å². The fourth-order valence-corrected chi connectivity index (χ4v) is 2.22. The van der Waals surface area contributed by atoms with Crippen LogP contribution in [0.15, 0.2) is 48.5 Å². The van der Waals surface area contributed by atoms with E-state index in [9.17, 15) is 9.50 Å². The van der Waals surface area contributed by atoms with E-state index in [-0.39, 0.29) is 24.5 Å². The maximum atomic E-state index is 12.9. The first kappa shape index (κ1) is 15.0. The molecule has 106 valence electrons. The third-order valence-electron chi connectivity index (χ3n) is 3.28. The summed E-state index contributed by atoms with van der Waals surface area (Å²) in [5.74, 6) is -0.252. The Bertz CT molecular complexity index is 541. The molecule has 0 aliphatic heterocycles. The molecule has 0 fully saturated rings. The second-order valence-corrected chi connectivity index (χ2v) is 5.16. The average Bonchev–Trinajstić information content (AvgIpc) is 2.46. The summed E-state index contributed by atoms with van der Waals surface area (Å²) in [7, 11) is 0. The minimum Gasteiger partial charge on any atom is -0.394 e. The lowest BCUT2D eigenvalue weighted by Gasteiger charge is -2.22. The SMILES string of the molecule is CC(NC(CO)c1ccc(Cl)cc1)c1ccc(F)cc1. The van der Waals surface area contributed by atoms with Crippen LogP contribution in [0.3, 0.4) is 0 Å². The van der Waals surface area contributed by atoms with Gasteiger partial charge in [-0.3, -0.25) is 0 Å². The van der Waals surface area contributed by atoms with Crippen molar-refractivity contribution in [1.82, 2.24) is 5.32 Å². The van der Waals surface area contributed by atoms with E-state index in [1.54, 1.807) is 24.3 Å². The highest BCUT2D eigenvalue weighted by atomic mass is 35.5. The highest BCUT2D eigenvalue weighted by molar-refractivity contribution is 6.30. The Morgan fingerprint density at radius 2 is 1.60 bits per heavy atom. The molecule has 0 saturated heterocycles. The Morgan fingerprint density at radius 3 is 2.15 bits per heavy atom. The maximum absolute atomic E-state index is 12.9. The fourth-order valence-electron chi connectivity index (χ4n) is 2.10. The Labute approximate surface area is 123 Å². The second kappa shape index (κ2) is 6.84. The molecule has 20 heavy (non-hydrogen) atoms. The van der Waals surface area contributed by atoms with Gasteiger partial charge in [-0.25, -0.2) is 4.39 Å². The second-order valence-electron chi connectivity index (χ2n) is 4.73. The molecular weight excluding hydrogens is 277 g/mol. The van der Waals surface area contributed by atoms with Gasteiger partial charge in [0.2, 0.25) is 0 Å². The van der Waals surface area contributed by atoms with Crippen molar-refractivity contribution in [2.24, 2.45) is 0 Å². The molecule has 0 radical (unpaired) electrons. The summed E-state index contributed by atoms with van der Waals surface area (Å²) >= 11 is 5.86. The van der Waals surface area contributed by atoms with Gasteiger partial charge in [-0.1, -0.05) is 35.9 Å². The van der Waals surface area contributed by atoms with Crippen molar-refractivity contribution in [1.29, 1.82) is 0 Å². The lowest BCUT2D eigenvalue weighted by molar-refractivity contribution is 0.235. The van der Waals surface area contributed by atoms with Crippen LogP contribution < -0.4 is 5.32 Å². The molecule has 2 aromatic carbocycles. The summed E-state index contributed by atoms with van der Waals surface area (Å²) < 4.78 is 12.9. The third kappa shape index (κ3) is 3.79.